The van der Waals surface area contributed by atoms with Crippen LogP contribution < -0.4 is 5.43 Å². The molecule has 210 valence electrons. The van der Waals surface area contributed by atoms with Gasteiger partial charge in [0.2, 0.25) is 5.76 Å². The predicted octanol–water partition coefficient (Wildman–Crippen LogP) is 5.25. The number of amides is 1. The van der Waals surface area contributed by atoms with Crippen molar-refractivity contribution >= 4 is 23.5 Å². The molecule has 1 atom stereocenters. The highest BCUT2D eigenvalue weighted by atomic mass is 35.5. The fraction of sp³-hybridized carbons (Fsp3) is 0.393. The summed E-state index contributed by atoms with van der Waals surface area (Å²) < 4.78 is 24.4. The van der Waals surface area contributed by atoms with Gasteiger partial charge >= 0.3 is 11.9 Å². The average Bonchev–Trinajstić information content (AvgIpc) is 3.34. The fourth-order valence-electron chi connectivity index (χ4n) is 3.90. The lowest BCUT2D eigenvalue weighted by Gasteiger charge is -2.30. The zero-order valence-electron chi connectivity index (χ0n) is 22.0. The number of halogens is 2. The summed E-state index contributed by atoms with van der Waals surface area (Å²) in [6.07, 6.45) is 4.87. The molecule has 3 N–H and O–H groups in total. The van der Waals surface area contributed by atoms with Gasteiger partial charge in [-0.2, -0.15) is 0 Å². The summed E-state index contributed by atoms with van der Waals surface area (Å²) in [5, 5.41) is 25.3. The van der Waals surface area contributed by atoms with Gasteiger partial charge in [0.25, 0.3) is 5.88 Å². The number of carbonyl (C=O) groups excluding carboxylic acids is 2. The molecule has 39 heavy (non-hydrogen) atoms. The quantitative estimate of drug-likeness (QED) is 0.138. The number of aromatic hydroxyl groups is 1. The third-order valence-corrected chi connectivity index (χ3v) is 6.20. The molecule has 0 fully saturated rings. The van der Waals surface area contributed by atoms with Crippen LogP contribution in [0.25, 0.3) is 11.1 Å². The smallest absolute Gasteiger partial charge is 0.339 e. The first-order valence-electron chi connectivity index (χ1n) is 12.7. The molecule has 1 heterocycles. The summed E-state index contributed by atoms with van der Waals surface area (Å²) in [6.45, 7) is 3.34. The van der Waals surface area contributed by atoms with E-state index in [1.54, 1.807) is 24.3 Å². The van der Waals surface area contributed by atoms with Crippen molar-refractivity contribution in [2.24, 2.45) is 0 Å². The molecule has 1 amide bonds. The van der Waals surface area contributed by atoms with Crippen LogP contribution in [0.1, 0.15) is 62.1 Å². The lowest BCUT2D eigenvalue weighted by molar-refractivity contribution is -0.166. The number of benzene rings is 2. The topological polar surface area (TPSA) is 125 Å². The van der Waals surface area contributed by atoms with Crippen LogP contribution in [0.2, 0.25) is 5.02 Å². The summed E-state index contributed by atoms with van der Waals surface area (Å²) in [5.41, 5.74) is 2.23. The van der Waals surface area contributed by atoms with Gasteiger partial charge in [-0.1, -0.05) is 68.5 Å². The first-order valence-corrected chi connectivity index (χ1v) is 13.1. The summed E-state index contributed by atoms with van der Waals surface area (Å²) in [7, 11) is 0. The molecule has 0 unspecified atom stereocenters. The monoisotopic (exact) mass is 561 g/mol. The lowest BCUT2D eigenvalue weighted by Crippen LogP contribution is -2.53. The number of carbonyl (C=O) groups is 2. The maximum Gasteiger partial charge on any atom is 0.339 e. The second-order valence-corrected chi connectivity index (χ2v) is 9.93. The maximum absolute atomic E-state index is 14.3. The van der Waals surface area contributed by atoms with Gasteiger partial charge < -0.3 is 19.5 Å². The number of aromatic nitrogens is 1. The zero-order chi connectivity index (χ0) is 28.4. The minimum atomic E-state index is -1.95. The average molecular weight is 562 g/mol. The van der Waals surface area contributed by atoms with E-state index in [-0.39, 0.29) is 25.5 Å². The van der Waals surface area contributed by atoms with Crippen molar-refractivity contribution < 1.29 is 33.5 Å². The molecule has 2 aromatic carbocycles. The van der Waals surface area contributed by atoms with E-state index < -0.39 is 29.2 Å². The van der Waals surface area contributed by atoms with Gasteiger partial charge in [-0.05, 0) is 47.8 Å². The molecular formula is C28H33ClFN3O6. The molecule has 9 nitrogen and oxygen atoms in total. The second-order valence-electron chi connectivity index (χ2n) is 9.49. The number of esters is 1. The molecule has 0 bridgehead atoms. The fourth-order valence-corrected chi connectivity index (χ4v) is 4.07. The Hall–Kier alpha value is -3.47. The first-order chi connectivity index (χ1) is 18.6. The van der Waals surface area contributed by atoms with E-state index >= 15 is 0 Å². The van der Waals surface area contributed by atoms with Gasteiger partial charge in [0.1, 0.15) is 5.82 Å². The molecule has 0 aliphatic rings. The van der Waals surface area contributed by atoms with Crippen molar-refractivity contribution in [3.05, 3.63) is 70.7 Å². The lowest BCUT2D eigenvalue weighted by atomic mass is 10.0. The number of nitrogens with one attached hydrogen (secondary N) is 1. The number of hydrazine groups is 1. The van der Waals surface area contributed by atoms with Crippen molar-refractivity contribution in [2.75, 3.05) is 13.2 Å². The van der Waals surface area contributed by atoms with Gasteiger partial charge in [-0.3, -0.25) is 10.2 Å². The number of unbranched alkanes of at least 4 members (excludes halogenated alkanes) is 4. The van der Waals surface area contributed by atoms with E-state index in [4.69, 9.17) is 20.9 Å². The minimum Gasteiger partial charge on any atom is -0.491 e. The second kappa shape index (κ2) is 14.1. The third kappa shape index (κ3) is 9.05. The van der Waals surface area contributed by atoms with E-state index in [1.165, 1.54) is 30.1 Å². The summed E-state index contributed by atoms with van der Waals surface area (Å²) in [6, 6.07) is 12.2. The van der Waals surface area contributed by atoms with E-state index in [0.717, 1.165) is 31.7 Å². The summed E-state index contributed by atoms with van der Waals surface area (Å²) in [5.74, 6) is -2.72. The van der Waals surface area contributed by atoms with Crippen LogP contribution in [0.3, 0.4) is 0 Å². The van der Waals surface area contributed by atoms with Crippen molar-refractivity contribution in [3.8, 4) is 17.0 Å². The largest absolute Gasteiger partial charge is 0.491 e. The number of hydrogen-bond donors (Lipinski definition) is 3. The van der Waals surface area contributed by atoms with Crippen LogP contribution in [0.15, 0.2) is 53.1 Å². The number of rotatable bonds is 14. The Labute approximate surface area is 231 Å². The summed E-state index contributed by atoms with van der Waals surface area (Å²) in [4.78, 5) is 25.3. The highest BCUT2D eigenvalue weighted by molar-refractivity contribution is 6.30. The van der Waals surface area contributed by atoms with Crippen LogP contribution in [0.4, 0.5) is 4.39 Å². The Morgan fingerprint density at radius 2 is 1.85 bits per heavy atom. The minimum absolute atomic E-state index is 0.0601. The molecule has 0 spiro atoms. The molecule has 3 rings (SSSR count). The van der Waals surface area contributed by atoms with Gasteiger partial charge in [0, 0.05) is 17.1 Å². The van der Waals surface area contributed by atoms with Crippen LogP contribution in [-0.2, 0) is 16.1 Å². The standard InChI is InChI=1S/C28H33ClFN3O6/c1-3-4-5-6-7-14-38-27(36)28(2,37)18-33(31-26(35)24-16-25(34)32-39-24)17-19-8-10-20(11-9-19)22-15-21(29)12-13-23(22)30/h8-13,15-16,37H,3-7,14,17-18H2,1-2H3,(H,31,35)(H,32,34)/t28-/m1/s1. The van der Waals surface area contributed by atoms with Crippen LogP contribution in [-0.4, -0.2) is 51.0 Å². The highest BCUT2D eigenvalue weighted by Gasteiger charge is 2.35. The molecule has 0 radical (unpaired) electrons. The van der Waals surface area contributed by atoms with E-state index in [1.807, 2.05) is 0 Å². The zero-order valence-corrected chi connectivity index (χ0v) is 22.7. The Morgan fingerprint density at radius 3 is 2.51 bits per heavy atom. The Morgan fingerprint density at radius 1 is 1.13 bits per heavy atom. The van der Waals surface area contributed by atoms with Crippen molar-refractivity contribution in [1.82, 2.24) is 15.6 Å². The van der Waals surface area contributed by atoms with E-state index in [0.29, 0.717) is 28.1 Å². The maximum atomic E-state index is 14.3. The molecule has 11 heteroatoms. The number of ether oxygens (including phenoxy) is 1. The molecule has 0 aliphatic carbocycles. The number of hydrogen-bond acceptors (Lipinski definition) is 8. The highest BCUT2D eigenvalue weighted by Crippen LogP contribution is 2.26. The number of nitrogens with zero attached hydrogens (tertiary/aromatic N) is 2. The third-order valence-electron chi connectivity index (χ3n) is 5.97. The number of aliphatic hydroxyl groups is 1. The first kappa shape index (κ1) is 30.1. The van der Waals surface area contributed by atoms with Crippen molar-refractivity contribution in [1.29, 1.82) is 0 Å². The molecule has 1 aromatic heterocycles. The van der Waals surface area contributed by atoms with Crippen molar-refractivity contribution in [2.45, 2.75) is 58.1 Å². The van der Waals surface area contributed by atoms with Crippen LogP contribution in [0.5, 0.6) is 5.88 Å². The molecule has 3 aromatic rings. The van der Waals surface area contributed by atoms with E-state index in [2.05, 4.69) is 17.5 Å². The molecule has 0 saturated heterocycles. The molecule has 0 aliphatic heterocycles. The molecule has 0 saturated carbocycles. The Balaban J connectivity index is 1.71. The van der Waals surface area contributed by atoms with Crippen LogP contribution in [0, 0.1) is 5.82 Å². The molecular weight excluding hydrogens is 529 g/mol. The summed E-state index contributed by atoms with van der Waals surface area (Å²) >= 11 is 6.01. The van der Waals surface area contributed by atoms with E-state index in [9.17, 15) is 24.2 Å². The van der Waals surface area contributed by atoms with Gasteiger partial charge in [0.15, 0.2) is 5.60 Å². The van der Waals surface area contributed by atoms with Gasteiger partial charge in [-0.25, -0.2) is 14.2 Å². The Kier molecular flexibility index (Phi) is 10.8. The predicted molar refractivity (Wildman–Crippen MR) is 143 cm³/mol. The Bertz CT molecular complexity index is 1250. The van der Waals surface area contributed by atoms with Crippen LogP contribution >= 0.6 is 11.6 Å². The van der Waals surface area contributed by atoms with Gasteiger partial charge in [-0.15, -0.1) is 0 Å². The SMILES string of the molecule is CCCCCCCOC(=O)[C@](C)(O)CN(Cc1ccc(-c2cc(Cl)ccc2F)cc1)NC(=O)c1cc(O)no1. The van der Waals surface area contributed by atoms with Crippen molar-refractivity contribution in [3.63, 3.8) is 0 Å². The van der Waals surface area contributed by atoms with Gasteiger partial charge in [0.05, 0.1) is 19.2 Å². The normalized spacial score (nSPS) is 12.8.